The van der Waals surface area contributed by atoms with E-state index in [2.05, 4.69) is 121 Å². The van der Waals surface area contributed by atoms with Gasteiger partial charge in [-0.2, -0.15) is 0 Å². The van der Waals surface area contributed by atoms with Crippen LogP contribution in [0.3, 0.4) is 0 Å². The molecule has 0 unspecified atom stereocenters. The van der Waals surface area contributed by atoms with E-state index in [0.29, 0.717) is 0 Å². The van der Waals surface area contributed by atoms with E-state index in [1.165, 1.54) is 44.0 Å². The van der Waals surface area contributed by atoms with Gasteiger partial charge in [0, 0.05) is 23.8 Å². The molecule has 0 spiro atoms. The molecule has 0 saturated carbocycles. The Hall–Kier alpha value is -3.58. The third kappa shape index (κ3) is 2.82. The van der Waals surface area contributed by atoms with E-state index < -0.39 is 0 Å². The fraction of sp³-hybridized carbons (Fsp3) is 0.0370. The molecule has 0 saturated heterocycles. The van der Waals surface area contributed by atoms with Gasteiger partial charge in [0.1, 0.15) is 0 Å². The van der Waals surface area contributed by atoms with Crippen molar-refractivity contribution >= 4 is 32.9 Å². The maximum absolute atomic E-state index is 2.30. The lowest BCUT2D eigenvalue weighted by Crippen LogP contribution is -2.10. The molecule has 0 aromatic heterocycles. The second-order valence-corrected chi connectivity index (χ2v) is 7.14. The summed E-state index contributed by atoms with van der Waals surface area (Å²) in [5.41, 5.74) is 4.91. The van der Waals surface area contributed by atoms with Crippen molar-refractivity contribution in [1.82, 2.24) is 0 Å². The van der Waals surface area contributed by atoms with Crippen LogP contribution in [0.4, 0.5) is 11.4 Å². The van der Waals surface area contributed by atoms with E-state index in [1.54, 1.807) is 0 Å². The molecule has 0 bridgehead atoms. The minimum atomic E-state index is 1.19. The maximum Gasteiger partial charge on any atom is 0.0487 e. The minimum Gasteiger partial charge on any atom is -0.344 e. The summed E-state index contributed by atoms with van der Waals surface area (Å²) < 4.78 is 0. The zero-order valence-corrected chi connectivity index (χ0v) is 15.8. The lowest BCUT2D eigenvalue weighted by molar-refractivity contribution is 1.23. The molecule has 0 atom stereocenters. The fourth-order valence-electron chi connectivity index (χ4n) is 3.98. The molecule has 0 radical (unpaired) electrons. The van der Waals surface area contributed by atoms with Crippen LogP contribution < -0.4 is 4.90 Å². The highest BCUT2D eigenvalue weighted by Gasteiger charge is 2.12. The van der Waals surface area contributed by atoms with Gasteiger partial charge in [0.25, 0.3) is 0 Å². The van der Waals surface area contributed by atoms with Crippen LogP contribution in [0.25, 0.3) is 32.7 Å². The zero-order chi connectivity index (χ0) is 18.9. The summed E-state index contributed by atoms with van der Waals surface area (Å²) in [7, 11) is 2.15. The predicted molar refractivity (Wildman–Crippen MR) is 121 cm³/mol. The van der Waals surface area contributed by atoms with Crippen LogP contribution in [0.2, 0.25) is 0 Å². The average Bonchev–Trinajstić information content (AvgIpc) is 2.78. The number of anilines is 2. The Morgan fingerprint density at radius 1 is 0.536 bits per heavy atom. The molecule has 5 aromatic rings. The van der Waals surface area contributed by atoms with Gasteiger partial charge in [0.05, 0.1) is 0 Å². The lowest BCUT2D eigenvalue weighted by atomic mass is 9.97. The van der Waals surface area contributed by atoms with Gasteiger partial charge in [-0.15, -0.1) is 0 Å². The van der Waals surface area contributed by atoms with E-state index >= 15 is 0 Å². The summed E-state index contributed by atoms with van der Waals surface area (Å²) in [6.07, 6.45) is 0. The predicted octanol–water partition coefficient (Wildman–Crippen LogP) is 7.43. The largest absolute Gasteiger partial charge is 0.344 e. The Labute approximate surface area is 165 Å². The van der Waals surface area contributed by atoms with Crippen molar-refractivity contribution in [2.45, 2.75) is 0 Å². The molecule has 1 heteroatoms. The first kappa shape index (κ1) is 16.6. The fourth-order valence-corrected chi connectivity index (χ4v) is 3.98. The van der Waals surface area contributed by atoms with Crippen LogP contribution in [0.5, 0.6) is 0 Å². The van der Waals surface area contributed by atoms with Gasteiger partial charge in [-0.25, -0.2) is 0 Å². The first-order valence-electron chi connectivity index (χ1n) is 9.61. The average molecular weight is 359 g/mol. The lowest BCUT2D eigenvalue weighted by Gasteiger charge is -2.23. The number of rotatable bonds is 3. The molecule has 28 heavy (non-hydrogen) atoms. The summed E-state index contributed by atoms with van der Waals surface area (Å²) >= 11 is 0. The molecule has 0 aliphatic carbocycles. The van der Waals surface area contributed by atoms with E-state index in [9.17, 15) is 0 Å². The zero-order valence-electron chi connectivity index (χ0n) is 15.8. The first-order valence-corrected chi connectivity index (χ1v) is 9.61. The molecular weight excluding hydrogens is 338 g/mol. The summed E-state index contributed by atoms with van der Waals surface area (Å²) in [5, 5.41) is 5.06. The molecule has 0 heterocycles. The second-order valence-electron chi connectivity index (χ2n) is 7.14. The van der Waals surface area contributed by atoms with Crippen LogP contribution in [0.15, 0.2) is 109 Å². The first-order chi connectivity index (χ1) is 13.8. The monoisotopic (exact) mass is 359 g/mol. The Kier molecular flexibility index (Phi) is 4.06. The van der Waals surface area contributed by atoms with Crippen molar-refractivity contribution in [3.05, 3.63) is 109 Å². The van der Waals surface area contributed by atoms with Crippen molar-refractivity contribution in [2.24, 2.45) is 0 Å². The second kappa shape index (κ2) is 6.86. The molecule has 5 rings (SSSR count). The standard InChI is InChI=1S/C27H21N/c1-28(27-17-9-14-20-12-5-8-16-25(20)27)23-18-22-13-6-7-15-24(22)26(19-23)21-10-3-2-4-11-21/h2-19H,1H3. The van der Waals surface area contributed by atoms with Crippen molar-refractivity contribution in [1.29, 1.82) is 0 Å². The van der Waals surface area contributed by atoms with Gasteiger partial charge < -0.3 is 4.90 Å². The Morgan fingerprint density at radius 3 is 2.00 bits per heavy atom. The molecule has 134 valence electrons. The molecule has 5 aromatic carbocycles. The highest BCUT2D eigenvalue weighted by molar-refractivity contribution is 6.01. The van der Waals surface area contributed by atoms with Crippen LogP contribution in [-0.2, 0) is 0 Å². The van der Waals surface area contributed by atoms with Gasteiger partial charge in [-0.05, 0) is 45.5 Å². The summed E-state index contributed by atoms with van der Waals surface area (Å²) in [6.45, 7) is 0. The SMILES string of the molecule is CN(c1cc(-c2ccccc2)c2ccccc2c1)c1cccc2ccccc12. The molecule has 0 amide bonds. The number of nitrogens with zero attached hydrogens (tertiary/aromatic N) is 1. The van der Waals surface area contributed by atoms with Crippen LogP contribution >= 0.6 is 0 Å². The van der Waals surface area contributed by atoms with Gasteiger partial charge in [-0.3, -0.25) is 0 Å². The molecule has 0 N–H and O–H groups in total. The van der Waals surface area contributed by atoms with E-state index in [0.717, 1.165) is 0 Å². The Bertz CT molecular complexity index is 1270. The van der Waals surface area contributed by atoms with Crippen molar-refractivity contribution in [3.8, 4) is 11.1 Å². The van der Waals surface area contributed by atoms with Crippen LogP contribution in [-0.4, -0.2) is 7.05 Å². The number of hydrogen-bond acceptors (Lipinski definition) is 1. The van der Waals surface area contributed by atoms with Crippen molar-refractivity contribution < 1.29 is 0 Å². The minimum absolute atomic E-state index is 1.19. The van der Waals surface area contributed by atoms with E-state index in [4.69, 9.17) is 0 Å². The Balaban J connectivity index is 1.73. The van der Waals surface area contributed by atoms with Gasteiger partial charge >= 0.3 is 0 Å². The van der Waals surface area contributed by atoms with Crippen LogP contribution in [0, 0.1) is 0 Å². The molecule has 0 fully saturated rings. The number of benzene rings is 5. The molecular formula is C27H21N. The third-order valence-corrected chi connectivity index (χ3v) is 5.45. The number of hydrogen-bond donors (Lipinski definition) is 0. The summed E-state index contributed by atoms with van der Waals surface area (Å²) in [6, 6.07) is 38.9. The van der Waals surface area contributed by atoms with E-state index in [1.807, 2.05) is 0 Å². The Morgan fingerprint density at radius 2 is 1.18 bits per heavy atom. The summed E-state index contributed by atoms with van der Waals surface area (Å²) in [5.74, 6) is 0. The maximum atomic E-state index is 2.30. The molecule has 0 aliphatic heterocycles. The topological polar surface area (TPSA) is 3.24 Å². The quantitative estimate of drug-likeness (QED) is 0.324. The van der Waals surface area contributed by atoms with Gasteiger partial charge in [0.15, 0.2) is 0 Å². The number of fused-ring (bicyclic) bond motifs is 2. The van der Waals surface area contributed by atoms with Gasteiger partial charge in [-0.1, -0.05) is 91.0 Å². The molecule has 0 aliphatic rings. The van der Waals surface area contributed by atoms with E-state index in [-0.39, 0.29) is 0 Å². The van der Waals surface area contributed by atoms with Crippen molar-refractivity contribution in [3.63, 3.8) is 0 Å². The van der Waals surface area contributed by atoms with Crippen LogP contribution in [0.1, 0.15) is 0 Å². The highest BCUT2D eigenvalue weighted by atomic mass is 15.1. The normalized spacial score (nSPS) is 11.0. The molecule has 1 nitrogen and oxygen atoms in total. The summed E-state index contributed by atoms with van der Waals surface area (Å²) in [4.78, 5) is 2.29. The van der Waals surface area contributed by atoms with Gasteiger partial charge in [0.2, 0.25) is 0 Å². The smallest absolute Gasteiger partial charge is 0.0487 e. The highest BCUT2D eigenvalue weighted by Crippen LogP contribution is 2.37. The third-order valence-electron chi connectivity index (χ3n) is 5.45. The van der Waals surface area contributed by atoms with Crippen molar-refractivity contribution in [2.75, 3.05) is 11.9 Å².